The first-order valence-corrected chi connectivity index (χ1v) is 6.51. The number of hydrogen-bond acceptors (Lipinski definition) is 2. The van der Waals surface area contributed by atoms with Crippen molar-refractivity contribution >= 4 is 0 Å². The summed E-state index contributed by atoms with van der Waals surface area (Å²) in [7, 11) is 0. The summed E-state index contributed by atoms with van der Waals surface area (Å²) < 4.78 is 6.09. The molecule has 0 aromatic heterocycles. The summed E-state index contributed by atoms with van der Waals surface area (Å²) in [4.78, 5) is 2.38. The van der Waals surface area contributed by atoms with Crippen molar-refractivity contribution in [2.45, 2.75) is 32.4 Å². The monoisotopic (exact) mass is 231 g/mol. The number of benzene rings is 1. The molecule has 0 bridgehead atoms. The molecule has 1 aromatic carbocycles. The molecule has 0 aliphatic carbocycles. The SMILES string of the molecule is CCCCC(Oc1ccccc1)N1CC=CC1. The highest BCUT2D eigenvalue weighted by atomic mass is 16.5. The van der Waals surface area contributed by atoms with E-state index in [4.69, 9.17) is 4.74 Å². The summed E-state index contributed by atoms with van der Waals surface area (Å²) in [6.45, 7) is 4.25. The summed E-state index contributed by atoms with van der Waals surface area (Å²) in [6, 6.07) is 10.1. The van der Waals surface area contributed by atoms with Crippen LogP contribution >= 0.6 is 0 Å². The summed E-state index contributed by atoms with van der Waals surface area (Å²) in [6.07, 6.45) is 8.18. The molecule has 0 N–H and O–H groups in total. The van der Waals surface area contributed by atoms with Crippen LogP contribution in [0.15, 0.2) is 42.5 Å². The van der Waals surface area contributed by atoms with Gasteiger partial charge >= 0.3 is 0 Å². The van der Waals surface area contributed by atoms with Crippen molar-refractivity contribution in [3.8, 4) is 5.75 Å². The highest BCUT2D eigenvalue weighted by Gasteiger charge is 2.19. The summed E-state index contributed by atoms with van der Waals surface area (Å²) in [5, 5.41) is 0. The Kier molecular flexibility index (Phi) is 4.63. The molecule has 2 heteroatoms. The first kappa shape index (κ1) is 12.2. The van der Waals surface area contributed by atoms with E-state index in [1.165, 1.54) is 12.8 Å². The van der Waals surface area contributed by atoms with E-state index < -0.39 is 0 Å². The lowest BCUT2D eigenvalue weighted by Gasteiger charge is -2.28. The summed E-state index contributed by atoms with van der Waals surface area (Å²) >= 11 is 0. The molecule has 0 spiro atoms. The number of nitrogens with zero attached hydrogens (tertiary/aromatic N) is 1. The zero-order valence-electron chi connectivity index (χ0n) is 10.5. The largest absolute Gasteiger partial charge is 0.475 e. The van der Waals surface area contributed by atoms with Gasteiger partial charge in [-0.2, -0.15) is 0 Å². The predicted octanol–water partition coefficient (Wildman–Crippen LogP) is 3.45. The topological polar surface area (TPSA) is 12.5 Å². The molecule has 1 heterocycles. The van der Waals surface area contributed by atoms with Crippen molar-refractivity contribution in [2.24, 2.45) is 0 Å². The number of rotatable bonds is 6. The van der Waals surface area contributed by atoms with Crippen LogP contribution < -0.4 is 4.74 Å². The van der Waals surface area contributed by atoms with Gasteiger partial charge in [-0.05, 0) is 25.0 Å². The van der Waals surface area contributed by atoms with Crippen LogP contribution in [-0.2, 0) is 0 Å². The molecule has 17 heavy (non-hydrogen) atoms. The van der Waals surface area contributed by atoms with Crippen LogP contribution in [0.5, 0.6) is 5.75 Å². The molecular weight excluding hydrogens is 210 g/mol. The first-order chi connectivity index (χ1) is 8.40. The van der Waals surface area contributed by atoms with E-state index in [2.05, 4.69) is 24.0 Å². The van der Waals surface area contributed by atoms with Gasteiger partial charge < -0.3 is 4.74 Å². The van der Waals surface area contributed by atoms with Gasteiger partial charge in [0.1, 0.15) is 5.75 Å². The van der Waals surface area contributed by atoms with Crippen LogP contribution in [0.25, 0.3) is 0 Å². The third-order valence-electron chi connectivity index (χ3n) is 3.07. The molecule has 1 aliphatic rings. The van der Waals surface area contributed by atoms with Crippen molar-refractivity contribution in [1.29, 1.82) is 0 Å². The van der Waals surface area contributed by atoms with E-state index in [1.807, 2.05) is 30.3 Å². The van der Waals surface area contributed by atoms with E-state index in [-0.39, 0.29) is 6.23 Å². The van der Waals surface area contributed by atoms with Crippen LogP contribution in [-0.4, -0.2) is 24.2 Å². The Bertz CT molecular complexity index is 339. The molecule has 2 rings (SSSR count). The summed E-state index contributed by atoms with van der Waals surface area (Å²) in [5.41, 5.74) is 0. The minimum absolute atomic E-state index is 0.215. The third-order valence-corrected chi connectivity index (χ3v) is 3.07. The van der Waals surface area contributed by atoms with Crippen molar-refractivity contribution in [1.82, 2.24) is 4.90 Å². The normalized spacial score (nSPS) is 17.2. The lowest BCUT2D eigenvalue weighted by Crippen LogP contribution is -2.37. The first-order valence-electron chi connectivity index (χ1n) is 6.51. The molecule has 1 aromatic rings. The maximum Gasteiger partial charge on any atom is 0.153 e. The van der Waals surface area contributed by atoms with Crippen LogP contribution in [0.1, 0.15) is 26.2 Å². The fourth-order valence-electron chi connectivity index (χ4n) is 2.08. The van der Waals surface area contributed by atoms with Gasteiger partial charge in [0.2, 0.25) is 0 Å². The molecule has 2 nitrogen and oxygen atoms in total. The van der Waals surface area contributed by atoms with Gasteiger partial charge in [-0.1, -0.05) is 43.7 Å². The second-order valence-corrected chi connectivity index (χ2v) is 4.45. The standard InChI is InChI=1S/C15H21NO/c1-2-3-11-15(16-12-7-8-13-16)17-14-9-5-4-6-10-14/h4-10,15H,2-3,11-13H2,1H3. The van der Waals surface area contributed by atoms with Gasteiger partial charge in [-0.15, -0.1) is 0 Å². The number of hydrogen-bond donors (Lipinski definition) is 0. The molecule has 0 amide bonds. The molecule has 0 fully saturated rings. The Balaban J connectivity index is 1.95. The molecule has 1 atom stereocenters. The predicted molar refractivity (Wildman–Crippen MR) is 71.1 cm³/mol. The van der Waals surface area contributed by atoms with Crippen LogP contribution in [0.2, 0.25) is 0 Å². The van der Waals surface area contributed by atoms with E-state index in [1.54, 1.807) is 0 Å². The van der Waals surface area contributed by atoms with Crippen molar-refractivity contribution in [2.75, 3.05) is 13.1 Å². The minimum atomic E-state index is 0.215. The Morgan fingerprint density at radius 3 is 2.53 bits per heavy atom. The molecule has 92 valence electrons. The number of para-hydroxylation sites is 1. The molecule has 0 radical (unpaired) electrons. The van der Waals surface area contributed by atoms with Crippen molar-refractivity contribution < 1.29 is 4.74 Å². The summed E-state index contributed by atoms with van der Waals surface area (Å²) in [5.74, 6) is 0.973. The second kappa shape index (κ2) is 6.45. The van der Waals surface area contributed by atoms with E-state index in [0.717, 1.165) is 25.3 Å². The Morgan fingerprint density at radius 1 is 1.18 bits per heavy atom. The van der Waals surface area contributed by atoms with Crippen LogP contribution in [0.3, 0.4) is 0 Å². The lowest BCUT2D eigenvalue weighted by molar-refractivity contribution is 0.0384. The van der Waals surface area contributed by atoms with Gasteiger partial charge in [0.15, 0.2) is 6.23 Å². The molecule has 0 saturated heterocycles. The molecule has 1 aliphatic heterocycles. The number of ether oxygens (including phenoxy) is 1. The lowest BCUT2D eigenvalue weighted by atomic mass is 10.2. The Labute approximate surface area is 104 Å². The van der Waals surface area contributed by atoms with E-state index in [9.17, 15) is 0 Å². The fraction of sp³-hybridized carbons (Fsp3) is 0.467. The minimum Gasteiger partial charge on any atom is -0.475 e. The van der Waals surface area contributed by atoms with Gasteiger partial charge in [0.25, 0.3) is 0 Å². The van der Waals surface area contributed by atoms with Gasteiger partial charge in [0, 0.05) is 13.1 Å². The van der Waals surface area contributed by atoms with Gasteiger partial charge in [0.05, 0.1) is 0 Å². The average Bonchev–Trinajstić information content (AvgIpc) is 2.89. The van der Waals surface area contributed by atoms with Crippen LogP contribution in [0, 0.1) is 0 Å². The number of unbranched alkanes of at least 4 members (excludes halogenated alkanes) is 1. The maximum atomic E-state index is 6.09. The highest BCUT2D eigenvalue weighted by Crippen LogP contribution is 2.18. The Hall–Kier alpha value is -1.28. The highest BCUT2D eigenvalue weighted by molar-refractivity contribution is 5.21. The maximum absolute atomic E-state index is 6.09. The third kappa shape index (κ3) is 3.60. The van der Waals surface area contributed by atoms with Gasteiger partial charge in [-0.3, -0.25) is 4.90 Å². The van der Waals surface area contributed by atoms with Gasteiger partial charge in [-0.25, -0.2) is 0 Å². The molecular formula is C15H21NO. The van der Waals surface area contributed by atoms with E-state index in [0.29, 0.717) is 0 Å². The zero-order valence-corrected chi connectivity index (χ0v) is 10.5. The molecule has 0 saturated carbocycles. The smallest absolute Gasteiger partial charge is 0.153 e. The molecule has 1 unspecified atom stereocenters. The second-order valence-electron chi connectivity index (χ2n) is 4.45. The van der Waals surface area contributed by atoms with E-state index >= 15 is 0 Å². The van der Waals surface area contributed by atoms with Crippen LogP contribution in [0.4, 0.5) is 0 Å². The fourth-order valence-corrected chi connectivity index (χ4v) is 2.08. The zero-order chi connectivity index (χ0) is 11.9. The average molecular weight is 231 g/mol. The van der Waals surface area contributed by atoms with Crippen molar-refractivity contribution in [3.05, 3.63) is 42.5 Å². The quantitative estimate of drug-likeness (QED) is 0.695. The Morgan fingerprint density at radius 2 is 1.88 bits per heavy atom. The van der Waals surface area contributed by atoms with Crippen molar-refractivity contribution in [3.63, 3.8) is 0 Å².